The van der Waals surface area contributed by atoms with Crippen molar-refractivity contribution < 1.29 is 38.9 Å². The normalized spacial score (nSPS) is 10.9. The molecular weight excluding hydrogens is 467 g/mol. The standard InChI is InChI=1S/3C6H6O3S.B/c3*7-10(8,9)6-4-2-1-3-5-6;/h3*1-5H,(H,7,8,9);/q;;;+3/p-3. The summed E-state index contributed by atoms with van der Waals surface area (Å²) in [7, 11) is -12.8. The topological polar surface area (TPSA) is 172 Å². The van der Waals surface area contributed by atoms with E-state index in [1.54, 1.807) is 18.2 Å². The van der Waals surface area contributed by atoms with Crippen LogP contribution in [0.1, 0.15) is 0 Å². The predicted molar refractivity (Wildman–Crippen MR) is 109 cm³/mol. The van der Waals surface area contributed by atoms with Gasteiger partial charge in [0.2, 0.25) is 0 Å². The van der Waals surface area contributed by atoms with E-state index < -0.39 is 30.4 Å². The zero-order chi connectivity index (χ0) is 22.8. The van der Waals surface area contributed by atoms with E-state index >= 15 is 0 Å². The SMILES string of the molecule is O=S(=O)([O-])c1ccccc1.O=S(=O)([O-])c1ccccc1.O=S(=O)([O-])c1ccccc1.[B+3]. The van der Waals surface area contributed by atoms with Crippen LogP contribution in [0.2, 0.25) is 0 Å². The quantitative estimate of drug-likeness (QED) is 0.395. The fraction of sp³-hybridized carbons (Fsp3) is 0. The van der Waals surface area contributed by atoms with Crippen molar-refractivity contribution in [3.63, 3.8) is 0 Å². The minimum absolute atomic E-state index is 0. The molecule has 0 aromatic heterocycles. The molecule has 0 N–H and O–H groups in total. The molecule has 0 fully saturated rings. The summed E-state index contributed by atoms with van der Waals surface area (Å²) in [6, 6.07) is 21.6. The molecule has 0 radical (unpaired) electrons. The van der Waals surface area contributed by atoms with Crippen LogP contribution in [-0.2, 0) is 30.4 Å². The monoisotopic (exact) mass is 482 g/mol. The number of hydrogen-bond donors (Lipinski definition) is 0. The molecular formula is C18H15BO9S3. The molecule has 0 aliphatic heterocycles. The molecule has 0 bridgehead atoms. The van der Waals surface area contributed by atoms with Crippen LogP contribution in [0.4, 0.5) is 0 Å². The summed E-state index contributed by atoms with van der Waals surface area (Å²) in [5.41, 5.74) is 0. The maximum Gasteiger partial charge on any atom is 3.00 e. The van der Waals surface area contributed by atoms with Crippen LogP contribution in [0.3, 0.4) is 0 Å². The average molecular weight is 482 g/mol. The van der Waals surface area contributed by atoms with Gasteiger partial charge in [0.15, 0.2) is 0 Å². The van der Waals surface area contributed by atoms with E-state index in [1.165, 1.54) is 72.8 Å². The van der Waals surface area contributed by atoms with E-state index in [-0.39, 0.29) is 23.1 Å². The summed E-state index contributed by atoms with van der Waals surface area (Å²) in [6.07, 6.45) is 0. The predicted octanol–water partition coefficient (Wildman–Crippen LogP) is 1.39. The van der Waals surface area contributed by atoms with Gasteiger partial charge in [-0.1, -0.05) is 54.6 Å². The molecule has 0 aliphatic carbocycles. The summed E-state index contributed by atoms with van der Waals surface area (Å²) in [4.78, 5) is -0.556. The first kappa shape index (κ1) is 28.5. The number of rotatable bonds is 3. The van der Waals surface area contributed by atoms with E-state index in [1.807, 2.05) is 0 Å². The smallest absolute Gasteiger partial charge is 0.744 e. The van der Waals surface area contributed by atoms with E-state index in [9.17, 15) is 38.9 Å². The van der Waals surface area contributed by atoms with Gasteiger partial charge in [-0.2, -0.15) is 0 Å². The summed E-state index contributed by atoms with van der Waals surface area (Å²) in [5.74, 6) is 0. The molecule has 0 unspecified atom stereocenters. The van der Waals surface area contributed by atoms with Gasteiger partial charge in [-0.3, -0.25) is 0 Å². The van der Waals surface area contributed by atoms with Gasteiger partial charge in [-0.15, -0.1) is 0 Å². The zero-order valence-corrected chi connectivity index (χ0v) is 18.1. The number of benzene rings is 3. The molecule has 0 heterocycles. The van der Waals surface area contributed by atoms with Crippen molar-refractivity contribution in [3.05, 3.63) is 91.0 Å². The van der Waals surface area contributed by atoms with Crippen LogP contribution in [0.25, 0.3) is 0 Å². The van der Waals surface area contributed by atoms with Crippen molar-refractivity contribution in [2.24, 2.45) is 0 Å². The van der Waals surface area contributed by atoms with Crippen LogP contribution < -0.4 is 0 Å². The first-order valence-electron chi connectivity index (χ1n) is 7.84. The van der Waals surface area contributed by atoms with Crippen LogP contribution in [-0.4, -0.2) is 47.3 Å². The summed E-state index contributed by atoms with van der Waals surface area (Å²) >= 11 is 0. The van der Waals surface area contributed by atoms with Crippen molar-refractivity contribution in [2.75, 3.05) is 0 Å². The first-order chi connectivity index (χ1) is 13.8. The van der Waals surface area contributed by atoms with Crippen molar-refractivity contribution in [3.8, 4) is 0 Å². The molecule has 9 nitrogen and oxygen atoms in total. The molecule has 0 spiro atoms. The fourth-order valence-corrected chi connectivity index (χ4v) is 3.23. The van der Waals surface area contributed by atoms with Crippen LogP contribution >= 0.6 is 0 Å². The molecule has 3 rings (SSSR count). The van der Waals surface area contributed by atoms with E-state index in [0.717, 1.165) is 0 Å². The van der Waals surface area contributed by atoms with Gasteiger partial charge in [0.1, 0.15) is 30.4 Å². The van der Waals surface area contributed by atoms with Crippen LogP contribution in [0.15, 0.2) is 106 Å². The van der Waals surface area contributed by atoms with Crippen LogP contribution in [0.5, 0.6) is 0 Å². The third-order valence-electron chi connectivity index (χ3n) is 3.10. The Balaban J connectivity index is 0.000000429. The molecule has 162 valence electrons. The largest absolute Gasteiger partial charge is 3.00 e. The first-order valence-corrected chi connectivity index (χ1v) is 12.1. The Kier molecular flexibility index (Phi) is 11.3. The van der Waals surface area contributed by atoms with E-state index in [4.69, 9.17) is 0 Å². The van der Waals surface area contributed by atoms with Crippen molar-refractivity contribution in [2.45, 2.75) is 14.7 Å². The molecule has 0 aliphatic rings. The Hall–Kier alpha value is -2.55. The third kappa shape index (κ3) is 11.4. The van der Waals surface area contributed by atoms with Gasteiger partial charge in [0.05, 0.1) is 14.7 Å². The van der Waals surface area contributed by atoms with Gasteiger partial charge >= 0.3 is 8.41 Å². The number of hydrogen-bond acceptors (Lipinski definition) is 9. The molecule has 0 atom stereocenters. The Labute approximate surface area is 183 Å². The molecule has 3 aromatic carbocycles. The zero-order valence-electron chi connectivity index (χ0n) is 15.6. The summed E-state index contributed by atoms with van der Waals surface area (Å²) in [5, 5.41) is 0. The van der Waals surface area contributed by atoms with E-state index in [2.05, 4.69) is 0 Å². The van der Waals surface area contributed by atoms with Gasteiger partial charge in [-0.25, -0.2) is 25.3 Å². The molecule has 13 heteroatoms. The average Bonchev–Trinajstić information content (AvgIpc) is 2.69. The molecule has 31 heavy (non-hydrogen) atoms. The van der Waals surface area contributed by atoms with Gasteiger partial charge in [-0.05, 0) is 36.4 Å². The van der Waals surface area contributed by atoms with Gasteiger partial charge in [0, 0.05) is 0 Å². The fourth-order valence-electron chi connectivity index (χ4n) is 1.76. The summed E-state index contributed by atoms with van der Waals surface area (Å²) in [6.45, 7) is 0. The maximum atomic E-state index is 10.3. The van der Waals surface area contributed by atoms with E-state index in [0.29, 0.717) is 0 Å². The Morgan fingerprint density at radius 3 is 0.645 bits per heavy atom. The molecule has 0 saturated heterocycles. The molecule has 3 aromatic rings. The van der Waals surface area contributed by atoms with Crippen molar-refractivity contribution in [1.82, 2.24) is 0 Å². The maximum absolute atomic E-state index is 10.3. The summed E-state index contributed by atoms with van der Waals surface area (Å²) < 4.78 is 92.5. The minimum atomic E-state index is -4.25. The van der Waals surface area contributed by atoms with Crippen LogP contribution in [0, 0.1) is 0 Å². The van der Waals surface area contributed by atoms with Gasteiger partial charge < -0.3 is 13.7 Å². The second kappa shape index (κ2) is 12.3. The van der Waals surface area contributed by atoms with Crippen molar-refractivity contribution >= 4 is 38.8 Å². The van der Waals surface area contributed by atoms with Gasteiger partial charge in [0.25, 0.3) is 0 Å². The molecule has 0 amide bonds. The third-order valence-corrected chi connectivity index (χ3v) is 5.64. The Morgan fingerprint density at radius 2 is 0.548 bits per heavy atom. The molecule has 0 saturated carbocycles. The van der Waals surface area contributed by atoms with Crippen molar-refractivity contribution in [1.29, 1.82) is 0 Å². The Bertz CT molecular complexity index is 1070. The Morgan fingerprint density at radius 1 is 0.387 bits per heavy atom. The second-order valence-corrected chi connectivity index (χ2v) is 9.44. The second-order valence-electron chi connectivity index (χ2n) is 5.30. The minimum Gasteiger partial charge on any atom is -0.744 e.